The zero-order valence-electron chi connectivity index (χ0n) is 9.85. The Balaban J connectivity index is 1.84. The zero-order chi connectivity index (χ0) is 11.8. The van der Waals surface area contributed by atoms with E-state index >= 15 is 0 Å². The topological polar surface area (TPSA) is 17.1 Å². The van der Waals surface area contributed by atoms with Crippen LogP contribution in [0.4, 0.5) is 0 Å². The number of carbonyl (C=O) groups excluding carboxylic acids is 1. The summed E-state index contributed by atoms with van der Waals surface area (Å²) in [6.45, 7) is 2.25. The molecule has 1 unspecified atom stereocenters. The van der Waals surface area contributed by atoms with E-state index in [4.69, 9.17) is 23.2 Å². The fourth-order valence-electron chi connectivity index (χ4n) is 3.29. The normalized spacial score (nSPS) is 38.2. The Kier molecular flexibility index (Phi) is 3.86. The molecule has 0 N–H and O–H groups in total. The molecule has 1 atom stereocenters. The number of rotatable bonds is 3. The van der Waals surface area contributed by atoms with E-state index < -0.39 is 4.33 Å². The van der Waals surface area contributed by atoms with Crippen LogP contribution in [0.5, 0.6) is 0 Å². The van der Waals surface area contributed by atoms with E-state index in [1.54, 1.807) is 0 Å². The minimum absolute atomic E-state index is 0.0246. The van der Waals surface area contributed by atoms with Gasteiger partial charge in [-0.15, -0.1) is 0 Å². The van der Waals surface area contributed by atoms with Gasteiger partial charge in [0.2, 0.25) is 0 Å². The quantitative estimate of drug-likeness (QED) is 0.691. The third-order valence-corrected chi connectivity index (χ3v) is 5.38. The molecule has 0 aliphatic heterocycles. The molecule has 2 saturated carbocycles. The molecule has 0 aromatic carbocycles. The van der Waals surface area contributed by atoms with Gasteiger partial charge in [-0.2, -0.15) is 0 Å². The first-order valence-corrected chi connectivity index (χ1v) is 7.22. The first-order valence-electron chi connectivity index (χ1n) is 6.46. The largest absolute Gasteiger partial charge is 0.296 e. The molecular formula is C13H20Cl2O. The summed E-state index contributed by atoms with van der Waals surface area (Å²) in [6, 6.07) is 0. The Morgan fingerprint density at radius 2 is 1.88 bits per heavy atom. The molecule has 92 valence electrons. The van der Waals surface area contributed by atoms with Crippen molar-refractivity contribution in [3.05, 3.63) is 0 Å². The van der Waals surface area contributed by atoms with Gasteiger partial charge >= 0.3 is 0 Å². The average molecular weight is 263 g/mol. The van der Waals surface area contributed by atoms with Crippen molar-refractivity contribution < 1.29 is 4.79 Å². The molecule has 2 aliphatic carbocycles. The van der Waals surface area contributed by atoms with E-state index in [0.717, 1.165) is 5.92 Å². The summed E-state index contributed by atoms with van der Waals surface area (Å²) < 4.78 is -1.05. The van der Waals surface area contributed by atoms with Crippen molar-refractivity contribution in [3.8, 4) is 0 Å². The first kappa shape index (κ1) is 12.7. The summed E-state index contributed by atoms with van der Waals surface area (Å²) >= 11 is 12.1. The second-order valence-corrected chi connectivity index (χ2v) is 6.81. The van der Waals surface area contributed by atoms with Crippen LogP contribution in [-0.2, 0) is 4.79 Å². The molecule has 0 radical (unpaired) electrons. The minimum Gasteiger partial charge on any atom is -0.296 e. The molecule has 0 heterocycles. The summed E-state index contributed by atoms with van der Waals surface area (Å²) in [5, 5.41) is 0. The average Bonchev–Trinajstić information content (AvgIpc) is 2.28. The number of carbonyl (C=O) groups is 1. The molecule has 0 aromatic rings. The predicted molar refractivity (Wildman–Crippen MR) is 67.9 cm³/mol. The SMILES string of the molecule is CCC[C@H]1CC[C@H](C2CC(=O)C2(Cl)Cl)CC1. The standard InChI is InChI=1S/C13H20Cl2O/c1-2-3-9-4-6-10(7-5-9)11-8-12(16)13(11,14)15/h9-11H,2-8H2,1H3/t9-,10-,11?. The van der Waals surface area contributed by atoms with Crippen molar-refractivity contribution in [2.45, 2.75) is 56.2 Å². The highest BCUT2D eigenvalue weighted by atomic mass is 35.5. The molecular weight excluding hydrogens is 243 g/mol. The van der Waals surface area contributed by atoms with Gasteiger partial charge in [0, 0.05) is 12.3 Å². The van der Waals surface area contributed by atoms with Gasteiger partial charge < -0.3 is 0 Å². The lowest BCUT2D eigenvalue weighted by Gasteiger charge is -2.45. The van der Waals surface area contributed by atoms with E-state index in [-0.39, 0.29) is 11.7 Å². The van der Waals surface area contributed by atoms with Crippen LogP contribution in [-0.4, -0.2) is 10.1 Å². The minimum atomic E-state index is -1.05. The molecule has 16 heavy (non-hydrogen) atoms. The van der Waals surface area contributed by atoms with E-state index in [1.807, 2.05) is 0 Å². The molecule has 0 amide bonds. The summed E-state index contributed by atoms with van der Waals surface area (Å²) in [5.41, 5.74) is 0. The molecule has 2 rings (SSSR count). The van der Waals surface area contributed by atoms with Crippen LogP contribution in [0.15, 0.2) is 0 Å². The molecule has 0 bridgehead atoms. The number of ketones is 1. The van der Waals surface area contributed by atoms with Gasteiger partial charge in [0.1, 0.15) is 0 Å². The van der Waals surface area contributed by atoms with Gasteiger partial charge in [-0.05, 0) is 24.7 Å². The van der Waals surface area contributed by atoms with Crippen LogP contribution >= 0.6 is 23.2 Å². The van der Waals surface area contributed by atoms with Crippen LogP contribution in [0.25, 0.3) is 0 Å². The summed E-state index contributed by atoms with van der Waals surface area (Å²) in [7, 11) is 0. The summed E-state index contributed by atoms with van der Waals surface area (Å²) in [6.07, 6.45) is 8.26. The van der Waals surface area contributed by atoms with Crippen molar-refractivity contribution in [3.63, 3.8) is 0 Å². The lowest BCUT2D eigenvalue weighted by atomic mass is 9.66. The summed E-state index contributed by atoms with van der Waals surface area (Å²) in [4.78, 5) is 11.3. The first-order chi connectivity index (χ1) is 7.55. The second kappa shape index (κ2) is 4.86. The molecule has 1 nitrogen and oxygen atoms in total. The van der Waals surface area contributed by atoms with Gasteiger partial charge in [-0.1, -0.05) is 55.8 Å². The van der Waals surface area contributed by atoms with Crippen LogP contribution in [0.1, 0.15) is 51.9 Å². The highest BCUT2D eigenvalue weighted by Crippen LogP contribution is 2.52. The number of alkyl halides is 2. The van der Waals surface area contributed by atoms with Crippen LogP contribution in [0.2, 0.25) is 0 Å². The van der Waals surface area contributed by atoms with Gasteiger partial charge in [-0.3, -0.25) is 4.79 Å². The van der Waals surface area contributed by atoms with E-state index in [1.165, 1.54) is 38.5 Å². The fourth-order valence-corrected chi connectivity index (χ4v) is 3.95. The highest BCUT2D eigenvalue weighted by Gasteiger charge is 2.55. The fraction of sp³-hybridized carbons (Fsp3) is 0.923. The Morgan fingerprint density at radius 3 is 2.31 bits per heavy atom. The van der Waals surface area contributed by atoms with Crippen molar-refractivity contribution in [1.29, 1.82) is 0 Å². The van der Waals surface area contributed by atoms with E-state index in [2.05, 4.69) is 6.92 Å². The lowest BCUT2D eigenvalue weighted by molar-refractivity contribution is -0.130. The van der Waals surface area contributed by atoms with Crippen LogP contribution in [0, 0.1) is 17.8 Å². The van der Waals surface area contributed by atoms with Crippen LogP contribution in [0.3, 0.4) is 0 Å². The molecule has 2 aliphatic rings. The maximum absolute atomic E-state index is 11.3. The number of Topliss-reactive ketones (excluding diaryl/α,β-unsaturated/α-hetero) is 1. The van der Waals surface area contributed by atoms with Crippen molar-refractivity contribution in [1.82, 2.24) is 0 Å². The third kappa shape index (κ3) is 2.26. The number of halogens is 2. The molecule has 3 heteroatoms. The van der Waals surface area contributed by atoms with Crippen molar-refractivity contribution in [2.75, 3.05) is 0 Å². The maximum atomic E-state index is 11.3. The Hall–Kier alpha value is 0.250. The molecule has 0 saturated heterocycles. The lowest BCUT2D eigenvalue weighted by Crippen LogP contribution is -2.51. The third-order valence-electron chi connectivity index (χ3n) is 4.40. The smallest absolute Gasteiger partial charge is 0.179 e. The molecule has 0 aromatic heterocycles. The van der Waals surface area contributed by atoms with E-state index in [9.17, 15) is 4.79 Å². The highest BCUT2D eigenvalue weighted by molar-refractivity contribution is 6.60. The molecule has 0 spiro atoms. The summed E-state index contributed by atoms with van der Waals surface area (Å²) in [5.74, 6) is 1.74. The monoisotopic (exact) mass is 262 g/mol. The van der Waals surface area contributed by atoms with Gasteiger partial charge in [-0.25, -0.2) is 0 Å². The van der Waals surface area contributed by atoms with Gasteiger partial charge in [0.25, 0.3) is 0 Å². The Morgan fingerprint density at radius 1 is 1.25 bits per heavy atom. The number of hydrogen-bond acceptors (Lipinski definition) is 1. The van der Waals surface area contributed by atoms with Crippen LogP contribution < -0.4 is 0 Å². The van der Waals surface area contributed by atoms with Crippen molar-refractivity contribution in [2.24, 2.45) is 17.8 Å². The van der Waals surface area contributed by atoms with E-state index in [0.29, 0.717) is 12.3 Å². The van der Waals surface area contributed by atoms with Crippen molar-refractivity contribution >= 4 is 29.0 Å². The Labute approximate surface area is 108 Å². The zero-order valence-corrected chi connectivity index (χ0v) is 11.4. The number of hydrogen-bond donors (Lipinski definition) is 0. The second-order valence-electron chi connectivity index (χ2n) is 5.43. The Bertz CT molecular complexity index is 267. The predicted octanol–water partition coefficient (Wildman–Crippen LogP) is 4.36. The van der Waals surface area contributed by atoms with Gasteiger partial charge in [0.05, 0.1) is 0 Å². The molecule has 2 fully saturated rings. The van der Waals surface area contributed by atoms with Gasteiger partial charge in [0.15, 0.2) is 10.1 Å². The maximum Gasteiger partial charge on any atom is 0.179 e.